The highest BCUT2D eigenvalue weighted by Gasteiger charge is 2.26. The van der Waals surface area contributed by atoms with Crippen LogP contribution in [0.25, 0.3) is 0 Å². The first-order chi connectivity index (χ1) is 9.40. The van der Waals surface area contributed by atoms with E-state index in [1.54, 1.807) is 6.20 Å². The van der Waals surface area contributed by atoms with E-state index >= 15 is 0 Å². The third kappa shape index (κ3) is 3.00. The summed E-state index contributed by atoms with van der Waals surface area (Å²) in [4.78, 5) is 30.8. The van der Waals surface area contributed by atoms with Crippen molar-refractivity contribution in [2.24, 2.45) is 0 Å². The number of carbonyl (C=O) groups is 2. The van der Waals surface area contributed by atoms with Crippen LogP contribution < -0.4 is 5.32 Å². The lowest BCUT2D eigenvalue weighted by Gasteiger charge is -2.23. The monoisotopic (exact) mass is 291 g/mol. The molecule has 7 heteroatoms. The molecular formula is C13H13N3O3S. The lowest BCUT2D eigenvalue weighted by atomic mass is 10.1. The predicted molar refractivity (Wildman–Crippen MR) is 73.8 cm³/mol. The molecule has 0 fully saturated rings. The van der Waals surface area contributed by atoms with Gasteiger partial charge in [-0.1, -0.05) is 0 Å². The molecule has 0 saturated heterocycles. The van der Waals surface area contributed by atoms with Gasteiger partial charge in [0.15, 0.2) is 0 Å². The third-order valence-electron chi connectivity index (χ3n) is 2.64. The van der Waals surface area contributed by atoms with Crippen LogP contribution in [0.2, 0.25) is 0 Å². The Kier molecular flexibility index (Phi) is 3.80. The number of carboxylic acid groups (broad SMARTS) is 1. The Balaban J connectivity index is 2.14. The molecule has 2 N–H and O–H groups in total. The molecule has 0 aliphatic rings. The number of carbonyl (C=O) groups excluding carboxylic acids is 1. The van der Waals surface area contributed by atoms with E-state index in [2.05, 4.69) is 15.3 Å². The normalized spacial score (nSPS) is 11.1. The molecule has 0 saturated carbocycles. The van der Waals surface area contributed by atoms with Crippen molar-refractivity contribution in [2.75, 3.05) is 0 Å². The zero-order valence-electron chi connectivity index (χ0n) is 11.0. The molecule has 0 unspecified atom stereocenters. The van der Waals surface area contributed by atoms with E-state index in [1.807, 2.05) is 19.2 Å². The van der Waals surface area contributed by atoms with Crippen LogP contribution in [0, 0.1) is 0 Å². The van der Waals surface area contributed by atoms with Gasteiger partial charge < -0.3 is 10.4 Å². The maximum atomic E-state index is 12.1. The highest BCUT2D eigenvalue weighted by Crippen LogP contribution is 2.22. The topological polar surface area (TPSA) is 92.2 Å². The number of nitrogens with zero attached hydrogens (tertiary/aromatic N) is 2. The van der Waals surface area contributed by atoms with Crippen molar-refractivity contribution in [1.29, 1.82) is 0 Å². The van der Waals surface area contributed by atoms with Gasteiger partial charge in [0.25, 0.3) is 5.91 Å². The summed E-state index contributed by atoms with van der Waals surface area (Å²) in [6.45, 7) is 3.69. The quantitative estimate of drug-likeness (QED) is 0.897. The highest BCUT2D eigenvalue weighted by molar-refractivity contribution is 7.09. The molecule has 2 rings (SSSR count). The molecule has 2 heterocycles. The molecule has 2 aromatic heterocycles. The molecule has 0 aliphatic heterocycles. The van der Waals surface area contributed by atoms with Crippen LogP contribution in [0.4, 0.5) is 0 Å². The van der Waals surface area contributed by atoms with E-state index in [9.17, 15) is 9.59 Å². The van der Waals surface area contributed by atoms with Crippen LogP contribution in [0.1, 0.15) is 39.7 Å². The molecule has 0 radical (unpaired) electrons. The summed E-state index contributed by atoms with van der Waals surface area (Å²) < 4.78 is 0. The van der Waals surface area contributed by atoms with Crippen LogP contribution in [0.5, 0.6) is 0 Å². The minimum absolute atomic E-state index is 0.0423. The second-order valence-electron chi connectivity index (χ2n) is 4.65. The summed E-state index contributed by atoms with van der Waals surface area (Å²) in [5.41, 5.74) is -0.404. The van der Waals surface area contributed by atoms with Crippen LogP contribution in [-0.4, -0.2) is 27.0 Å². The molecule has 0 aromatic carbocycles. The maximum absolute atomic E-state index is 12.1. The minimum Gasteiger partial charge on any atom is -0.478 e. The first kappa shape index (κ1) is 14.1. The van der Waals surface area contributed by atoms with E-state index < -0.39 is 11.5 Å². The van der Waals surface area contributed by atoms with E-state index in [4.69, 9.17) is 5.11 Å². The minimum atomic E-state index is -1.08. The Bertz CT molecular complexity index is 621. The summed E-state index contributed by atoms with van der Waals surface area (Å²) in [6, 6.07) is 2.73. The van der Waals surface area contributed by atoms with Gasteiger partial charge >= 0.3 is 5.97 Å². The van der Waals surface area contributed by atoms with Gasteiger partial charge in [-0.2, -0.15) is 0 Å². The Labute approximate surface area is 119 Å². The molecule has 1 amide bonds. The fraction of sp³-hybridized carbons (Fsp3) is 0.231. The van der Waals surface area contributed by atoms with Gasteiger partial charge in [-0.3, -0.25) is 9.78 Å². The fourth-order valence-corrected chi connectivity index (χ4v) is 2.31. The number of aromatic carboxylic acids is 1. The number of amides is 1. The van der Waals surface area contributed by atoms with Gasteiger partial charge in [0, 0.05) is 17.8 Å². The van der Waals surface area contributed by atoms with Gasteiger partial charge in [0.05, 0.1) is 11.1 Å². The molecule has 0 aliphatic carbocycles. The Morgan fingerprint density at radius 1 is 1.30 bits per heavy atom. The SMILES string of the molecule is CC(C)(NC(=O)c1ccc(C(=O)O)cn1)c1nccs1. The lowest BCUT2D eigenvalue weighted by molar-refractivity contribution is 0.0695. The van der Waals surface area contributed by atoms with Crippen LogP contribution in [-0.2, 0) is 5.54 Å². The zero-order valence-corrected chi connectivity index (χ0v) is 11.8. The average Bonchev–Trinajstić information content (AvgIpc) is 2.93. The smallest absolute Gasteiger partial charge is 0.337 e. The molecular weight excluding hydrogens is 278 g/mol. The number of rotatable bonds is 4. The molecule has 0 bridgehead atoms. The van der Waals surface area contributed by atoms with Gasteiger partial charge in [-0.25, -0.2) is 9.78 Å². The van der Waals surface area contributed by atoms with Crippen molar-refractivity contribution in [3.8, 4) is 0 Å². The van der Waals surface area contributed by atoms with Crippen molar-refractivity contribution in [3.63, 3.8) is 0 Å². The predicted octanol–water partition coefficient (Wildman–Crippen LogP) is 1.90. The van der Waals surface area contributed by atoms with E-state index in [0.29, 0.717) is 0 Å². The Morgan fingerprint density at radius 3 is 2.55 bits per heavy atom. The summed E-state index contributed by atoms with van der Waals surface area (Å²) in [5.74, 6) is -1.45. The van der Waals surface area contributed by atoms with Crippen molar-refractivity contribution in [3.05, 3.63) is 46.2 Å². The Morgan fingerprint density at radius 2 is 2.05 bits per heavy atom. The highest BCUT2D eigenvalue weighted by atomic mass is 32.1. The van der Waals surface area contributed by atoms with Crippen LogP contribution in [0.15, 0.2) is 29.9 Å². The molecule has 104 valence electrons. The first-order valence-corrected chi connectivity index (χ1v) is 6.70. The Hall–Kier alpha value is -2.28. The number of hydrogen-bond donors (Lipinski definition) is 2. The summed E-state index contributed by atoms with van der Waals surface area (Å²) in [7, 11) is 0. The van der Waals surface area contributed by atoms with E-state index in [1.165, 1.54) is 23.5 Å². The first-order valence-electron chi connectivity index (χ1n) is 5.82. The third-order valence-corrected chi connectivity index (χ3v) is 3.73. The van der Waals surface area contributed by atoms with Crippen LogP contribution >= 0.6 is 11.3 Å². The van der Waals surface area contributed by atoms with E-state index in [-0.39, 0.29) is 17.2 Å². The van der Waals surface area contributed by atoms with E-state index in [0.717, 1.165) is 11.2 Å². The number of hydrogen-bond acceptors (Lipinski definition) is 5. The molecule has 2 aromatic rings. The summed E-state index contributed by atoms with van der Waals surface area (Å²) in [6.07, 6.45) is 2.83. The standard InChI is InChI=1S/C13H13N3O3S/c1-13(2,12-14-5-6-20-12)16-10(17)9-4-3-8(7-15-9)11(18)19/h3-7H,1-2H3,(H,16,17)(H,18,19). The maximum Gasteiger partial charge on any atom is 0.337 e. The summed E-state index contributed by atoms with van der Waals surface area (Å²) >= 11 is 1.45. The van der Waals surface area contributed by atoms with Gasteiger partial charge in [0.2, 0.25) is 0 Å². The second-order valence-corrected chi connectivity index (χ2v) is 5.55. The van der Waals surface area contributed by atoms with Crippen molar-refractivity contribution in [2.45, 2.75) is 19.4 Å². The molecule has 0 spiro atoms. The van der Waals surface area contributed by atoms with Gasteiger partial charge in [-0.05, 0) is 26.0 Å². The number of nitrogens with one attached hydrogen (secondary N) is 1. The number of aromatic nitrogens is 2. The molecule has 0 atom stereocenters. The summed E-state index contributed by atoms with van der Waals surface area (Å²) in [5, 5.41) is 14.2. The lowest BCUT2D eigenvalue weighted by Crippen LogP contribution is -2.41. The van der Waals surface area contributed by atoms with Crippen LogP contribution in [0.3, 0.4) is 0 Å². The number of carboxylic acids is 1. The van der Waals surface area contributed by atoms with Gasteiger partial charge in [0.1, 0.15) is 10.7 Å². The van der Waals surface area contributed by atoms with Crippen molar-refractivity contribution in [1.82, 2.24) is 15.3 Å². The fourth-order valence-electron chi connectivity index (χ4n) is 1.59. The average molecular weight is 291 g/mol. The molecule has 20 heavy (non-hydrogen) atoms. The number of thiazole rings is 1. The molecule has 6 nitrogen and oxygen atoms in total. The van der Waals surface area contributed by atoms with Crippen molar-refractivity contribution >= 4 is 23.2 Å². The largest absolute Gasteiger partial charge is 0.478 e. The van der Waals surface area contributed by atoms with Crippen molar-refractivity contribution < 1.29 is 14.7 Å². The number of pyridine rings is 1. The second kappa shape index (κ2) is 5.38. The van der Waals surface area contributed by atoms with Gasteiger partial charge in [-0.15, -0.1) is 11.3 Å². The zero-order chi connectivity index (χ0) is 14.8.